The highest BCUT2D eigenvalue weighted by molar-refractivity contribution is 7.11. The second-order valence-corrected chi connectivity index (χ2v) is 7.25. The molecular formula is C16H26N6OS. The van der Waals surface area contributed by atoms with Crippen LogP contribution in [0.4, 0.5) is 0 Å². The van der Waals surface area contributed by atoms with Gasteiger partial charge in [0.15, 0.2) is 5.96 Å². The van der Waals surface area contributed by atoms with E-state index in [0.29, 0.717) is 19.0 Å². The van der Waals surface area contributed by atoms with Crippen molar-refractivity contribution in [3.05, 3.63) is 33.5 Å². The standard InChI is InChI=1S/C16H26N6OS/c1-6-17-15(18-8-14-11(2)21-12(3)24-14)19-10-16(4,23)13-7-20-22(5)9-13/h7,9,23H,6,8,10H2,1-5H3,(H2,17,18,19). The van der Waals surface area contributed by atoms with E-state index >= 15 is 0 Å². The van der Waals surface area contributed by atoms with E-state index in [0.717, 1.165) is 27.7 Å². The first-order valence-electron chi connectivity index (χ1n) is 7.98. The van der Waals surface area contributed by atoms with Gasteiger partial charge in [-0.25, -0.2) is 9.98 Å². The smallest absolute Gasteiger partial charge is 0.191 e. The van der Waals surface area contributed by atoms with Crippen LogP contribution in [-0.2, 0) is 19.2 Å². The molecule has 0 saturated carbocycles. The Hall–Kier alpha value is -1.93. The first-order chi connectivity index (χ1) is 11.3. The molecule has 0 aliphatic carbocycles. The zero-order chi connectivity index (χ0) is 17.7. The number of aryl methyl sites for hydroxylation is 3. The number of nitrogens with one attached hydrogen (secondary N) is 2. The molecule has 1 unspecified atom stereocenters. The average molecular weight is 350 g/mol. The summed E-state index contributed by atoms with van der Waals surface area (Å²) in [4.78, 5) is 10.2. The van der Waals surface area contributed by atoms with Crippen molar-refractivity contribution in [1.82, 2.24) is 25.4 Å². The van der Waals surface area contributed by atoms with Crippen molar-refractivity contribution in [2.45, 2.75) is 39.8 Å². The van der Waals surface area contributed by atoms with Gasteiger partial charge in [0, 0.05) is 30.2 Å². The number of hydrogen-bond acceptors (Lipinski definition) is 5. The number of aromatic nitrogens is 3. The summed E-state index contributed by atoms with van der Waals surface area (Å²) in [6.07, 6.45) is 3.49. The molecule has 0 amide bonds. The van der Waals surface area contributed by atoms with Crippen molar-refractivity contribution < 1.29 is 5.11 Å². The summed E-state index contributed by atoms with van der Waals surface area (Å²) in [6, 6.07) is 0. The molecule has 132 valence electrons. The molecule has 2 rings (SSSR count). The molecule has 0 aromatic carbocycles. The van der Waals surface area contributed by atoms with Gasteiger partial charge in [0.1, 0.15) is 5.60 Å². The number of nitrogens with zero attached hydrogens (tertiary/aromatic N) is 4. The van der Waals surface area contributed by atoms with E-state index in [4.69, 9.17) is 0 Å². The summed E-state index contributed by atoms with van der Waals surface area (Å²) in [6.45, 7) is 9.44. The van der Waals surface area contributed by atoms with Gasteiger partial charge in [-0.1, -0.05) is 0 Å². The molecule has 0 bridgehead atoms. The molecule has 2 heterocycles. The lowest BCUT2D eigenvalue weighted by Crippen LogP contribution is -2.44. The zero-order valence-corrected chi connectivity index (χ0v) is 15.7. The Morgan fingerprint density at radius 3 is 2.71 bits per heavy atom. The van der Waals surface area contributed by atoms with Gasteiger partial charge in [-0.3, -0.25) is 4.68 Å². The highest BCUT2D eigenvalue weighted by atomic mass is 32.1. The maximum atomic E-state index is 10.6. The Morgan fingerprint density at radius 1 is 1.42 bits per heavy atom. The minimum Gasteiger partial charge on any atom is -0.383 e. The number of thiazole rings is 1. The second kappa shape index (κ2) is 7.76. The third-order valence-corrected chi connectivity index (χ3v) is 4.71. The Bertz CT molecular complexity index is 703. The summed E-state index contributed by atoms with van der Waals surface area (Å²) < 4.78 is 1.68. The van der Waals surface area contributed by atoms with Gasteiger partial charge in [0.05, 0.1) is 30.0 Å². The van der Waals surface area contributed by atoms with Crippen LogP contribution in [0.25, 0.3) is 0 Å². The summed E-state index contributed by atoms with van der Waals surface area (Å²) in [5.74, 6) is 0.673. The zero-order valence-electron chi connectivity index (χ0n) is 14.9. The molecule has 24 heavy (non-hydrogen) atoms. The molecular weight excluding hydrogens is 324 g/mol. The molecule has 2 aromatic heterocycles. The number of hydrogen-bond donors (Lipinski definition) is 3. The van der Waals surface area contributed by atoms with Crippen LogP contribution in [0.15, 0.2) is 17.4 Å². The molecule has 0 spiro atoms. The van der Waals surface area contributed by atoms with E-state index in [1.54, 1.807) is 29.1 Å². The van der Waals surface area contributed by atoms with Crippen molar-refractivity contribution in [1.29, 1.82) is 0 Å². The molecule has 0 fully saturated rings. The van der Waals surface area contributed by atoms with E-state index in [-0.39, 0.29) is 0 Å². The maximum Gasteiger partial charge on any atom is 0.191 e. The third kappa shape index (κ3) is 4.78. The molecule has 0 aliphatic rings. The first-order valence-corrected chi connectivity index (χ1v) is 8.80. The summed E-state index contributed by atoms with van der Waals surface area (Å²) >= 11 is 1.66. The monoisotopic (exact) mass is 350 g/mol. The van der Waals surface area contributed by atoms with Crippen LogP contribution >= 0.6 is 11.3 Å². The van der Waals surface area contributed by atoms with Crippen LogP contribution in [0.1, 0.15) is 35.0 Å². The molecule has 7 nitrogen and oxygen atoms in total. The van der Waals surface area contributed by atoms with Gasteiger partial charge in [-0.05, 0) is 27.7 Å². The van der Waals surface area contributed by atoms with Gasteiger partial charge in [0.25, 0.3) is 0 Å². The van der Waals surface area contributed by atoms with E-state index in [1.165, 1.54) is 0 Å². The molecule has 2 aromatic rings. The van der Waals surface area contributed by atoms with Crippen LogP contribution < -0.4 is 10.6 Å². The predicted octanol–water partition coefficient (Wildman–Crippen LogP) is 1.46. The highest BCUT2D eigenvalue weighted by Crippen LogP contribution is 2.19. The summed E-state index contributed by atoms with van der Waals surface area (Å²) in [5, 5.41) is 22.2. The molecule has 8 heteroatoms. The van der Waals surface area contributed by atoms with Gasteiger partial charge < -0.3 is 15.7 Å². The van der Waals surface area contributed by atoms with Crippen LogP contribution in [0.2, 0.25) is 0 Å². The van der Waals surface area contributed by atoms with Gasteiger partial charge >= 0.3 is 0 Å². The Morgan fingerprint density at radius 2 is 2.17 bits per heavy atom. The molecule has 0 saturated heterocycles. The molecule has 1 atom stereocenters. The fraction of sp³-hybridized carbons (Fsp3) is 0.562. The van der Waals surface area contributed by atoms with Crippen LogP contribution in [0, 0.1) is 13.8 Å². The van der Waals surface area contributed by atoms with E-state index < -0.39 is 5.60 Å². The average Bonchev–Trinajstić information content (AvgIpc) is 3.08. The Balaban J connectivity index is 2.02. The van der Waals surface area contributed by atoms with E-state index in [1.807, 2.05) is 34.0 Å². The minimum absolute atomic E-state index is 0.339. The van der Waals surface area contributed by atoms with Gasteiger partial charge in [-0.15, -0.1) is 11.3 Å². The number of aliphatic imine (C=N–C) groups is 1. The van der Waals surface area contributed by atoms with Crippen LogP contribution in [-0.4, -0.2) is 38.9 Å². The molecule has 0 aliphatic heterocycles. The normalized spacial score (nSPS) is 14.5. The SMILES string of the molecule is CCNC(=NCc1sc(C)nc1C)NCC(C)(O)c1cnn(C)c1. The minimum atomic E-state index is -1.03. The number of guanidine groups is 1. The van der Waals surface area contributed by atoms with Gasteiger partial charge in [0.2, 0.25) is 0 Å². The van der Waals surface area contributed by atoms with Crippen molar-refractivity contribution in [3.8, 4) is 0 Å². The van der Waals surface area contributed by atoms with Crippen molar-refractivity contribution >= 4 is 17.3 Å². The first kappa shape index (κ1) is 18.4. The van der Waals surface area contributed by atoms with Crippen LogP contribution in [0.3, 0.4) is 0 Å². The van der Waals surface area contributed by atoms with Crippen molar-refractivity contribution in [2.75, 3.05) is 13.1 Å². The number of aliphatic hydroxyl groups is 1. The molecule has 3 N–H and O–H groups in total. The topological polar surface area (TPSA) is 87.4 Å². The Labute approximate surface area is 146 Å². The summed E-state index contributed by atoms with van der Waals surface area (Å²) in [5.41, 5.74) is 0.767. The van der Waals surface area contributed by atoms with Crippen molar-refractivity contribution in [3.63, 3.8) is 0 Å². The number of rotatable bonds is 6. The van der Waals surface area contributed by atoms with E-state index in [9.17, 15) is 5.11 Å². The molecule has 0 radical (unpaired) electrons. The largest absolute Gasteiger partial charge is 0.383 e. The van der Waals surface area contributed by atoms with E-state index in [2.05, 4.69) is 25.7 Å². The summed E-state index contributed by atoms with van der Waals surface area (Å²) in [7, 11) is 1.83. The van der Waals surface area contributed by atoms with Gasteiger partial charge in [-0.2, -0.15) is 5.10 Å². The van der Waals surface area contributed by atoms with Crippen molar-refractivity contribution in [2.24, 2.45) is 12.0 Å². The highest BCUT2D eigenvalue weighted by Gasteiger charge is 2.25. The third-order valence-electron chi connectivity index (χ3n) is 3.65. The Kier molecular flexibility index (Phi) is 5.95. The quantitative estimate of drug-likeness (QED) is 0.542. The fourth-order valence-corrected chi connectivity index (χ4v) is 3.13. The lowest BCUT2D eigenvalue weighted by atomic mass is 10.00. The fourth-order valence-electron chi connectivity index (χ4n) is 2.27. The lowest BCUT2D eigenvalue weighted by Gasteiger charge is -2.23. The lowest BCUT2D eigenvalue weighted by molar-refractivity contribution is 0.0616. The predicted molar refractivity (Wildman–Crippen MR) is 97.2 cm³/mol. The maximum absolute atomic E-state index is 10.6. The second-order valence-electron chi connectivity index (χ2n) is 5.97. The van der Waals surface area contributed by atoms with Crippen LogP contribution in [0.5, 0.6) is 0 Å².